The molecule has 2 aromatic heterocycles. The van der Waals surface area contributed by atoms with E-state index in [2.05, 4.69) is 10.1 Å². The highest BCUT2D eigenvalue weighted by molar-refractivity contribution is 6.30. The van der Waals surface area contributed by atoms with Gasteiger partial charge in [0.1, 0.15) is 18.1 Å². The molecule has 3 aliphatic rings. The fraction of sp³-hybridized carbons (Fsp3) is 0.500. The van der Waals surface area contributed by atoms with Crippen molar-refractivity contribution in [3.05, 3.63) is 41.4 Å². The molecule has 3 fully saturated rings. The number of hydrogen-bond acceptors (Lipinski definition) is 5. The van der Waals surface area contributed by atoms with Crippen molar-refractivity contribution in [3.63, 3.8) is 0 Å². The summed E-state index contributed by atoms with van der Waals surface area (Å²) in [4.78, 5) is 19.0. The van der Waals surface area contributed by atoms with Gasteiger partial charge in [0.25, 0.3) is 5.91 Å². The van der Waals surface area contributed by atoms with Crippen molar-refractivity contribution >= 4 is 17.5 Å². The van der Waals surface area contributed by atoms with Gasteiger partial charge in [-0.25, -0.2) is 0 Å². The summed E-state index contributed by atoms with van der Waals surface area (Å²) in [7, 11) is 1.89. The molecule has 26 heavy (non-hydrogen) atoms. The molecule has 0 aromatic carbocycles. The zero-order valence-electron chi connectivity index (χ0n) is 14.3. The number of rotatable bonds is 3. The van der Waals surface area contributed by atoms with Gasteiger partial charge < -0.3 is 14.4 Å². The molecule has 0 N–H and O–H groups in total. The van der Waals surface area contributed by atoms with Gasteiger partial charge in [-0.1, -0.05) is 11.6 Å². The van der Waals surface area contributed by atoms with Crippen molar-refractivity contribution in [1.29, 1.82) is 0 Å². The summed E-state index contributed by atoms with van der Waals surface area (Å²) in [6.45, 7) is 0. The fourth-order valence-electron chi connectivity index (χ4n) is 4.29. The molecule has 0 bridgehead atoms. The average molecular weight is 375 g/mol. The Morgan fingerprint density at radius 2 is 2.19 bits per heavy atom. The van der Waals surface area contributed by atoms with Crippen LogP contribution in [0, 0.1) is 0 Å². The third-order valence-electron chi connectivity index (χ3n) is 5.49. The van der Waals surface area contributed by atoms with Crippen molar-refractivity contribution in [1.82, 2.24) is 19.7 Å². The molecule has 2 saturated heterocycles. The molecule has 7 nitrogen and oxygen atoms in total. The number of fused-ring (bicyclic) bond motifs is 1. The topological polar surface area (TPSA) is 69.5 Å². The van der Waals surface area contributed by atoms with E-state index in [0.29, 0.717) is 23.6 Å². The minimum absolute atomic E-state index is 0.00479. The molecule has 2 aromatic rings. The molecule has 136 valence electrons. The normalized spacial score (nSPS) is 32.8. The van der Waals surface area contributed by atoms with Crippen molar-refractivity contribution < 1.29 is 14.3 Å². The fourth-order valence-corrected chi connectivity index (χ4v) is 4.46. The summed E-state index contributed by atoms with van der Waals surface area (Å²) in [5.74, 6) is 0.689. The molecule has 8 heteroatoms. The average Bonchev–Trinajstić information content (AvgIpc) is 3.23. The maximum atomic E-state index is 13.1. The number of carbonyl (C=O) groups excluding carboxylic acids is 1. The first-order valence-electron chi connectivity index (χ1n) is 8.81. The minimum atomic E-state index is -0.741. The number of ether oxygens (including phenoxy) is 2. The first-order chi connectivity index (χ1) is 12.5. The Bertz CT molecular complexity index is 864. The number of pyridine rings is 1. The summed E-state index contributed by atoms with van der Waals surface area (Å²) in [6, 6.07) is 3.71. The molecule has 2 aliphatic heterocycles. The predicted molar refractivity (Wildman–Crippen MR) is 92.5 cm³/mol. The molecular weight excluding hydrogens is 356 g/mol. The van der Waals surface area contributed by atoms with E-state index in [1.165, 1.54) is 0 Å². The highest BCUT2D eigenvalue weighted by Crippen LogP contribution is 2.51. The van der Waals surface area contributed by atoms with Gasteiger partial charge in [0, 0.05) is 38.3 Å². The Morgan fingerprint density at radius 3 is 2.92 bits per heavy atom. The SMILES string of the molecule is Cn1ccc([C@@H]2CC[C@H]3OC4(CC(Oc5cncc(Cl)c5)C4)C(=O)N32)n1. The van der Waals surface area contributed by atoms with E-state index in [-0.39, 0.29) is 24.3 Å². The Balaban J connectivity index is 1.29. The van der Waals surface area contributed by atoms with Gasteiger partial charge in [0.05, 0.1) is 23.0 Å². The molecule has 1 saturated carbocycles. The first kappa shape index (κ1) is 16.1. The third kappa shape index (κ3) is 2.41. The highest BCUT2D eigenvalue weighted by atomic mass is 35.5. The van der Waals surface area contributed by atoms with Crippen LogP contribution in [0.15, 0.2) is 30.7 Å². The summed E-state index contributed by atoms with van der Waals surface area (Å²) in [5, 5.41) is 5.01. The number of hydrogen-bond donors (Lipinski definition) is 0. The lowest BCUT2D eigenvalue weighted by atomic mass is 9.76. The summed E-state index contributed by atoms with van der Waals surface area (Å²) in [5.41, 5.74) is 0.190. The highest BCUT2D eigenvalue weighted by Gasteiger charge is 2.63. The van der Waals surface area contributed by atoms with Gasteiger partial charge in [0.2, 0.25) is 0 Å². The van der Waals surface area contributed by atoms with Crippen LogP contribution in [0.4, 0.5) is 0 Å². The predicted octanol–water partition coefficient (Wildman–Crippen LogP) is 2.47. The second-order valence-electron chi connectivity index (χ2n) is 7.27. The van der Waals surface area contributed by atoms with Crippen LogP contribution in [0.25, 0.3) is 0 Å². The Morgan fingerprint density at radius 1 is 1.35 bits per heavy atom. The second kappa shape index (κ2) is 5.69. The largest absolute Gasteiger partial charge is 0.489 e. The standard InChI is InChI=1S/C18H19ClN4O3/c1-22-5-4-14(21-22)15-2-3-16-23(15)17(24)18(26-16)7-13(8-18)25-12-6-11(19)9-20-10-12/h4-6,9-10,13,15-16H,2-3,7-8H2,1H3/t13?,15-,16+,18?/m0/s1. The Hall–Kier alpha value is -2.12. The van der Waals surface area contributed by atoms with Crippen LogP contribution < -0.4 is 4.74 Å². The minimum Gasteiger partial charge on any atom is -0.489 e. The quantitative estimate of drug-likeness (QED) is 0.825. The van der Waals surface area contributed by atoms with Crippen LogP contribution in [0.3, 0.4) is 0 Å². The zero-order valence-corrected chi connectivity index (χ0v) is 15.1. The molecule has 2 atom stereocenters. The Kier molecular flexibility index (Phi) is 3.52. The molecule has 0 unspecified atom stereocenters. The molecule has 1 aliphatic carbocycles. The summed E-state index contributed by atoms with van der Waals surface area (Å²) >= 11 is 5.94. The van der Waals surface area contributed by atoms with Crippen molar-refractivity contribution in [2.75, 3.05) is 0 Å². The van der Waals surface area contributed by atoms with E-state index in [4.69, 9.17) is 21.1 Å². The van der Waals surface area contributed by atoms with E-state index in [1.807, 2.05) is 24.2 Å². The van der Waals surface area contributed by atoms with E-state index in [1.54, 1.807) is 23.1 Å². The van der Waals surface area contributed by atoms with Gasteiger partial charge in [-0.2, -0.15) is 5.10 Å². The maximum absolute atomic E-state index is 13.1. The number of aryl methyl sites for hydroxylation is 1. The van der Waals surface area contributed by atoms with Gasteiger partial charge in [-0.15, -0.1) is 0 Å². The lowest BCUT2D eigenvalue weighted by Crippen LogP contribution is -2.56. The van der Waals surface area contributed by atoms with Gasteiger partial charge in [0.15, 0.2) is 5.60 Å². The molecule has 5 rings (SSSR count). The van der Waals surface area contributed by atoms with Crippen molar-refractivity contribution in [3.8, 4) is 5.75 Å². The third-order valence-corrected chi connectivity index (χ3v) is 5.70. The maximum Gasteiger partial charge on any atom is 0.257 e. The number of amides is 1. The van der Waals surface area contributed by atoms with Gasteiger partial charge in [-0.3, -0.25) is 14.5 Å². The van der Waals surface area contributed by atoms with Crippen LogP contribution in [-0.2, 0) is 16.6 Å². The van der Waals surface area contributed by atoms with Crippen LogP contribution in [0.2, 0.25) is 5.02 Å². The van der Waals surface area contributed by atoms with Crippen LogP contribution in [-0.4, -0.2) is 43.5 Å². The smallest absolute Gasteiger partial charge is 0.257 e. The van der Waals surface area contributed by atoms with E-state index < -0.39 is 5.60 Å². The molecule has 4 heterocycles. The van der Waals surface area contributed by atoms with Gasteiger partial charge >= 0.3 is 0 Å². The lowest BCUT2D eigenvalue weighted by molar-refractivity contribution is -0.162. The number of aromatic nitrogens is 3. The monoisotopic (exact) mass is 374 g/mol. The summed E-state index contributed by atoms with van der Waals surface area (Å²) in [6.07, 6.45) is 7.73. The van der Waals surface area contributed by atoms with Crippen LogP contribution in [0.5, 0.6) is 5.75 Å². The molecule has 1 spiro atoms. The summed E-state index contributed by atoms with van der Waals surface area (Å²) < 4.78 is 13.9. The Labute approximate surface area is 155 Å². The van der Waals surface area contributed by atoms with Crippen molar-refractivity contribution in [2.45, 2.75) is 49.7 Å². The zero-order chi connectivity index (χ0) is 17.9. The first-order valence-corrected chi connectivity index (χ1v) is 9.19. The van der Waals surface area contributed by atoms with E-state index in [0.717, 1.165) is 18.5 Å². The van der Waals surface area contributed by atoms with Crippen molar-refractivity contribution in [2.24, 2.45) is 7.05 Å². The van der Waals surface area contributed by atoms with Gasteiger partial charge in [-0.05, 0) is 18.9 Å². The van der Waals surface area contributed by atoms with Crippen LogP contribution >= 0.6 is 11.6 Å². The number of nitrogens with zero attached hydrogens (tertiary/aromatic N) is 4. The molecule has 1 amide bonds. The molecular formula is C18H19ClN4O3. The van der Waals surface area contributed by atoms with E-state index in [9.17, 15) is 4.79 Å². The number of halogens is 1. The number of carbonyl (C=O) groups is 1. The van der Waals surface area contributed by atoms with E-state index >= 15 is 0 Å². The molecule has 0 radical (unpaired) electrons. The van der Waals surface area contributed by atoms with Crippen LogP contribution in [0.1, 0.15) is 37.4 Å². The lowest BCUT2D eigenvalue weighted by Gasteiger charge is -2.42. The second-order valence-corrected chi connectivity index (χ2v) is 7.71.